The zero-order valence-corrected chi connectivity index (χ0v) is 13.3. The minimum Gasteiger partial charge on any atom is -0.479 e. The van der Waals surface area contributed by atoms with Crippen LogP contribution < -0.4 is 0 Å². The number of carbonyl (C=O) groups is 2. The van der Waals surface area contributed by atoms with E-state index in [9.17, 15) is 14.7 Å². The van der Waals surface area contributed by atoms with Gasteiger partial charge in [0.25, 0.3) is 0 Å². The smallest absolute Gasteiger partial charge is 0.330 e. The molecule has 2 unspecified atom stereocenters. The van der Waals surface area contributed by atoms with E-state index < -0.39 is 12.0 Å². The second-order valence-corrected chi connectivity index (χ2v) is 6.12. The molecule has 21 heavy (non-hydrogen) atoms. The highest BCUT2D eigenvalue weighted by atomic mass is 32.2. The largest absolute Gasteiger partial charge is 0.479 e. The number of aliphatic carboxylic acids is 1. The Kier molecular flexibility index (Phi) is 5.36. The number of hydrogen-bond donors (Lipinski definition) is 2. The Morgan fingerprint density at radius 2 is 2.10 bits per heavy atom. The van der Waals surface area contributed by atoms with Crippen molar-refractivity contribution in [2.45, 2.75) is 11.3 Å². The first-order valence-electron chi connectivity index (χ1n) is 6.51. The maximum absolute atomic E-state index is 12.5. The lowest BCUT2D eigenvalue weighted by Gasteiger charge is -2.25. The highest BCUT2D eigenvalue weighted by molar-refractivity contribution is 8.00. The lowest BCUT2D eigenvalue weighted by Crippen LogP contribution is -2.45. The Balaban J connectivity index is 2.26. The molecule has 1 aliphatic rings. The molecule has 2 atom stereocenters. The average Bonchev–Trinajstić information content (AvgIpc) is 2.94. The van der Waals surface area contributed by atoms with Crippen LogP contribution in [0.3, 0.4) is 0 Å². The van der Waals surface area contributed by atoms with Gasteiger partial charge in [-0.3, -0.25) is 4.79 Å². The second-order valence-electron chi connectivity index (χ2n) is 4.71. The van der Waals surface area contributed by atoms with E-state index in [0.717, 1.165) is 11.1 Å². The number of carboxylic acids is 1. The van der Waals surface area contributed by atoms with Gasteiger partial charge in [0.1, 0.15) is 6.04 Å². The van der Waals surface area contributed by atoms with E-state index in [1.54, 1.807) is 6.08 Å². The highest BCUT2D eigenvalue weighted by Gasteiger charge is 2.36. The summed E-state index contributed by atoms with van der Waals surface area (Å²) in [5, 5.41) is 9.04. The molecule has 0 spiro atoms. The summed E-state index contributed by atoms with van der Waals surface area (Å²) < 4.78 is 0. The molecule has 0 bridgehead atoms. The van der Waals surface area contributed by atoms with Crippen LogP contribution in [0.25, 0.3) is 5.57 Å². The summed E-state index contributed by atoms with van der Waals surface area (Å²) in [5.74, 6) is -0.788. The van der Waals surface area contributed by atoms with Crippen LogP contribution in [-0.2, 0) is 9.59 Å². The molecular weight excluding hydrogens is 306 g/mol. The van der Waals surface area contributed by atoms with Gasteiger partial charge >= 0.3 is 5.97 Å². The molecule has 0 fully saturated rings. The fourth-order valence-corrected chi connectivity index (χ4v) is 3.40. The quantitative estimate of drug-likeness (QED) is 0.814. The van der Waals surface area contributed by atoms with Gasteiger partial charge in [-0.1, -0.05) is 30.3 Å². The molecule has 1 amide bonds. The van der Waals surface area contributed by atoms with Gasteiger partial charge < -0.3 is 10.0 Å². The summed E-state index contributed by atoms with van der Waals surface area (Å²) in [6.07, 6.45) is 3.49. The molecular formula is C15H17NO3S2. The monoisotopic (exact) mass is 323 g/mol. The fraction of sp³-hybridized carbons (Fsp3) is 0.333. The Labute approximate surface area is 133 Å². The molecule has 0 aliphatic carbocycles. The Morgan fingerprint density at radius 3 is 2.62 bits per heavy atom. The van der Waals surface area contributed by atoms with Crippen molar-refractivity contribution in [2.24, 2.45) is 0 Å². The maximum Gasteiger partial charge on any atom is 0.330 e. The lowest BCUT2D eigenvalue weighted by molar-refractivity contribution is -0.146. The summed E-state index contributed by atoms with van der Waals surface area (Å²) in [5.41, 5.74) is 1.82. The molecule has 0 saturated heterocycles. The zero-order chi connectivity index (χ0) is 15.4. The van der Waals surface area contributed by atoms with E-state index in [4.69, 9.17) is 0 Å². The van der Waals surface area contributed by atoms with Gasteiger partial charge in [0.05, 0.1) is 5.25 Å². The van der Waals surface area contributed by atoms with E-state index in [0.29, 0.717) is 12.3 Å². The third-order valence-corrected chi connectivity index (χ3v) is 4.99. The van der Waals surface area contributed by atoms with Crippen LogP contribution >= 0.6 is 24.4 Å². The predicted molar refractivity (Wildman–Crippen MR) is 88.7 cm³/mol. The molecule has 1 aromatic carbocycles. The number of benzene rings is 1. The Morgan fingerprint density at radius 1 is 1.43 bits per heavy atom. The average molecular weight is 323 g/mol. The van der Waals surface area contributed by atoms with Crippen LogP contribution in [-0.4, -0.2) is 51.7 Å². The van der Waals surface area contributed by atoms with Gasteiger partial charge in [-0.25, -0.2) is 4.79 Å². The van der Waals surface area contributed by atoms with Crippen molar-refractivity contribution in [2.75, 3.05) is 18.6 Å². The molecule has 0 radical (unpaired) electrons. The van der Waals surface area contributed by atoms with Crippen molar-refractivity contribution in [3.8, 4) is 0 Å². The van der Waals surface area contributed by atoms with Crippen LogP contribution in [0, 0.1) is 0 Å². The summed E-state index contributed by atoms with van der Waals surface area (Å²) in [4.78, 5) is 25.3. The van der Waals surface area contributed by atoms with Crippen molar-refractivity contribution < 1.29 is 14.7 Å². The molecule has 1 aromatic rings. The van der Waals surface area contributed by atoms with Crippen molar-refractivity contribution in [1.82, 2.24) is 4.90 Å². The first-order valence-corrected chi connectivity index (χ1v) is 8.43. The molecule has 2 rings (SSSR count). The second kappa shape index (κ2) is 7.04. The van der Waals surface area contributed by atoms with Crippen LogP contribution in [0.1, 0.15) is 5.56 Å². The minimum atomic E-state index is -1.01. The van der Waals surface area contributed by atoms with E-state index in [2.05, 4.69) is 12.6 Å². The molecule has 1 N–H and O–H groups in total. The normalized spacial score (nSPS) is 19.2. The number of amides is 1. The first kappa shape index (κ1) is 16.0. The third kappa shape index (κ3) is 3.44. The minimum absolute atomic E-state index is 0.174. The fourth-order valence-electron chi connectivity index (χ4n) is 2.31. The number of carboxylic acid groups (broad SMARTS) is 1. The molecule has 0 saturated carbocycles. The Hall–Kier alpha value is -1.40. The van der Waals surface area contributed by atoms with Crippen molar-refractivity contribution in [3.05, 3.63) is 42.0 Å². The number of rotatable bonds is 5. The molecule has 1 aliphatic heterocycles. The van der Waals surface area contributed by atoms with Gasteiger partial charge in [0.15, 0.2) is 0 Å². The number of thiol groups is 1. The van der Waals surface area contributed by atoms with Crippen LogP contribution in [0.15, 0.2) is 36.4 Å². The first-order chi connectivity index (χ1) is 10.1. The number of hydrogen-bond acceptors (Lipinski definition) is 4. The maximum atomic E-state index is 12.5. The predicted octanol–water partition coefficient (Wildman–Crippen LogP) is 2.03. The van der Waals surface area contributed by atoms with Gasteiger partial charge in [-0.2, -0.15) is 24.4 Å². The SMILES string of the molecule is CSC(CS)C(=O)N1CC(c2ccccc2)=CC1C(=O)O. The van der Waals surface area contributed by atoms with E-state index in [-0.39, 0.29) is 11.2 Å². The third-order valence-electron chi connectivity index (χ3n) is 3.44. The number of thioether (sulfide) groups is 1. The van der Waals surface area contributed by atoms with Gasteiger partial charge in [0.2, 0.25) is 5.91 Å². The molecule has 6 heteroatoms. The van der Waals surface area contributed by atoms with Gasteiger partial charge in [-0.15, -0.1) is 0 Å². The van der Waals surface area contributed by atoms with E-state index in [1.807, 2.05) is 36.6 Å². The summed E-state index contributed by atoms with van der Waals surface area (Å²) in [7, 11) is 0. The van der Waals surface area contributed by atoms with Crippen molar-refractivity contribution in [3.63, 3.8) is 0 Å². The number of nitrogens with zero attached hydrogens (tertiary/aromatic N) is 1. The standard InChI is InChI=1S/C15H17NO3S2/c1-21-13(9-20)14(17)16-8-11(7-12(16)15(18)19)10-5-3-2-4-6-10/h2-7,12-13,20H,8-9H2,1H3,(H,18,19). The van der Waals surface area contributed by atoms with Gasteiger partial charge in [0, 0.05) is 12.3 Å². The molecule has 112 valence electrons. The summed E-state index contributed by atoms with van der Waals surface area (Å²) in [6, 6.07) is 8.64. The zero-order valence-electron chi connectivity index (χ0n) is 11.6. The Bertz CT molecular complexity index is 555. The lowest BCUT2D eigenvalue weighted by atomic mass is 10.1. The van der Waals surface area contributed by atoms with Gasteiger partial charge in [-0.05, 0) is 23.5 Å². The van der Waals surface area contributed by atoms with Crippen molar-refractivity contribution in [1.29, 1.82) is 0 Å². The highest BCUT2D eigenvalue weighted by Crippen LogP contribution is 2.27. The van der Waals surface area contributed by atoms with E-state index >= 15 is 0 Å². The number of carbonyl (C=O) groups excluding carboxylic acids is 1. The molecule has 4 nitrogen and oxygen atoms in total. The van der Waals surface area contributed by atoms with Crippen LogP contribution in [0.2, 0.25) is 0 Å². The summed E-state index contributed by atoms with van der Waals surface area (Å²) in [6.45, 7) is 0.324. The van der Waals surface area contributed by atoms with Crippen LogP contribution in [0.4, 0.5) is 0 Å². The molecule has 0 aromatic heterocycles. The van der Waals surface area contributed by atoms with Crippen LogP contribution in [0.5, 0.6) is 0 Å². The van der Waals surface area contributed by atoms with E-state index in [1.165, 1.54) is 16.7 Å². The summed E-state index contributed by atoms with van der Waals surface area (Å²) >= 11 is 5.56. The topological polar surface area (TPSA) is 57.6 Å². The molecule has 1 heterocycles. The van der Waals surface area contributed by atoms with Crippen molar-refractivity contribution >= 4 is 41.8 Å².